The minimum atomic E-state index is -4.54. The molecular weight excluding hydrogens is 307 g/mol. The first-order valence-electron chi connectivity index (χ1n) is 7.58. The van der Waals surface area contributed by atoms with E-state index in [1.54, 1.807) is 12.1 Å². The van der Waals surface area contributed by atoms with Crippen LogP contribution in [0.3, 0.4) is 0 Å². The molecule has 0 saturated carbocycles. The number of hydrogen-bond donors (Lipinski definition) is 1. The van der Waals surface area contributed by atoms with Crippen LogP contribution in [0.5, 0.6) is 0 Å². The Morgan fingerprint density at radius 3 is 2.61 bits per heavy atom. The molecule has 7 heteroatoms. The number of nitriles is 1. The van der Waals surface area contributed by atoms with Crippen molar-refractivity contribution in [2.45, 2.75) is 25.6 Å². The maximum Gasteiger partial charge on any atom is 0.417 e. The summed E-state index contributed by atoms with van der Waals surface area (Å²) >= 11 is 0. The van der Waals surface area contributed by atoms with Gasteiger partial charge in [0.2, 0.25) is 0 Å². The quantitative estimate of drug-likeness (QED) is 0.927. The van der Waals surface area contributed by atoms with Crippen molar-refractivity contribution < 1.29 is 18.3 Å². The average molecular weight is 327 g/mol. The lowest BCUT2D eigenvalue weighted by Gasteiger charge is -2.27. The van der Waals surface area contributed by atoms with Crippen molar-refractivity contribution in [3.63, 3.8) is 0 Å². The van der Waals surface area contributed by atoms with Crippen LogP contribution >= 0.6 is 0 Å². The van der Waals surface area contributed by atoms with E-state index in [0.717, 1.165) is 19.0 Å². The normalized spacial score (nSPS) is 18.3. The minimum absolute atomic E-state index is 0.0432. The van der Waals surface area contributed by atoms with E-state index in [9.17, 15) is 18.3 Å². The van der Waals surface area contributed by atoms with Crippen LogP contribution in [0.1, 0.15) is 24.5 Å². The van der Waals surface area contributed by atoms with Gasteiger partial charge in [-0.25, -0.2) is 0 Å². The highest BCUT2D eigenvalue weighted by Crippen LogP contribution is 2.34. The molecule has 0 aromatic heterocycles. The molecule has 0 radical (unpaired) electrons. The van der Waals surface area contributed by atoms with Crippen molar-refractivity contribution >= 4 is 5.69 Å². The highest BCUT2D eigenvalue weighted by Gasteiger charge is 2.34. The lowest BCUT2D eigenvalue weighted by molar-refractivity contribution is -0.137. The van der Waals surface area contributed by atoms with E-state index in [2.05, 4.69) is 4.90 Å². The Balaban J connectivity index is 2.21. The van der Waals surface area contributed by atoms with Crippen LogP contribution in [-0.2, 0) is 6.18 Å². The molecule has 1 heterocycles. The van der Waals surface area contributed by atoms with E-state index >= 15 is 0 Å². The molecule has 0 spiro atoms. The molecule has 23 heavy (non-hydrogen) atoms. The van der Waals surface area contributed by atoms with Gasteiger partial charge in [0.05, 0.1) is 23.8 Å². The molecule has 0 bridgehead atoms. The molecule has 1 saturated heterocycles. The summed E-state index contributed by atoms with van der Waals surface area (Å²) < 4.78 is 39.2. The monoisotopic (exact) mass is 327 g/mol. The first-order valence-corrected chi connectivity index (χ1v) is 7.58. The summed E-state index contributed by atoms with van der Waals surface area (Å²) in [6.45, 7) is 4.73. The molecule has 2 rings (SSSR count). The fourth-order valence-electron chi connectivity index (χ4n) is 2.81. The van der Waals surface area contributed by atoms with Crippen molar-refractivity contribution in [3.05, 3.63) is 29.3 Å². The molecule has 1 aromatic rings. The predicted octanol–water partition coefficient (Wildman–Crippen LogP) is 2.47. The van der Waals surface area contributed by atoms with Gasteiger partial charge in [0, 0.05) is 37.9 Å². The summed E-state index contributed by atoms with van der Waals surface area (Å²) in [5.74, 6) is 0. The highest BCUT2D eigenvalue weighted by atomic mass is 19.4. The Morgan fingerprint density at radius 2 is 2.00 bits per heavy atom. The molecule has 1 atom stereocenters. The van der Waals surface area contributed by atoms with Gasteiger partial charge in [-0.3, -0.25) is 4.90 Å². The molecule has 1 aliphatic heterocycles. The van der Waals surface area contributed by atoms with Gasteiger partial charge in [-0.15, -0.1) is 0 Å². The zero-order valence-corrected chi connectivity index (χ0v) is 13.0. The number of benzene rings is 1. The van der Waals surface area contributed by atoms with E-state index in [1.165, 1.54) is 6.07 Å². The standard InChI is InChI=1S/C16H20F3N3O/c1-12(11-23)21-5-2-6-22(8-7-21)14-4-3-13(10-20)15(9-14)16(17,18)19/h3-4,9,12,23H,2,5-8,11H2,1H3/t12-/m0/s1. The summed E-state index contributed by atoms with van der Waals surface area (Å²) in [5, 5.41) is 18.1. The molecular formula is C16H20F3N3O. The Morgan fingerprint density at radius 1 is 1.26 bits per heavy atom. The topological polar surface area (TPSA) is 50.5 Å². The molecule has 126 valence electrons. The summed E-state index contributed by atoms with van der Waals surface area (Å²) in [4.78, 5) is 4.04. The van der Waals surface area contributed by atoms with Crippen LogP contribution in [0.4, 0.5) is 18.9 Å². The number of hydrogen-bond acceptors (Lipinski definition) is 4. The Labute approximate surface area is 133 Å². The average Bonchev–Trinajstić information content (AvgIpc) is 2.78. The fraction of sp³-hybridized carbons (Fsp3) is 0.562. The molecule has 1 aliphatic rings. The number of anilines is 1. The first-order chi connectivity index (χ1) is 10.9. The number of aliphatic hydroxyl groups excluding tert-OH is 1. The third-order valence-electron chi connectivity index (χ3n) is 4.21. The van der Waals surface area contributed by atoms with Crippen LogP contribution in [0.15, 0.2) is 18.2 Å². The number of alkyl halides is 3. The van der Waals surface area contributed by atoms with Crippen molar-refractivity contribution in [1.82, 2.24) is 4.90 Å². The maximum atomic E-state index is 13.1. The molecule has 0 aliphatic carbocycles. The van der Waals surface area contributed by atoms with Gasteiger partial charge in [0.1, 0.15) is 0 Å². The van der Waals surface area contributed by atoms with Gasteiger partial charge >= 0.3 is 6.18 Å². The summed E-state index contributed by atoms with van der Waals surface area (Å²) in [7, 11) is 0. The van der Waals surface area contributed by atoms with Crippen molar-refractivity contribution in [1.29, 1.82) is 5.26 Å². The number of halogens is 3. The Bertz CT molecular complexity index is 583. The van der Waals surface area contributed by atoms with E-state index in [1.807, 2.05) is 11.8 Å². The van der Waals surface area contributed by atoms with Crippen molar-refractivity contribution in [2.75, 3.05) is 37.7 Å². The maximum absolute atomic E-state index is 13.1. The minimum Gasteiger partial charge on any atom is -0.395 e. The van der Waals surface area contributed by atoms with E-state index in [0.29, 0.717) is 25.3 Å². The molecule has 0 unspecified atom stereocenters. The predicted molar refractivity (Wildman–Crippen MR) is 81.1 cm³/mol. The lowest BCUT2D eigenvalue weighted by Crippen LogP contribution is -2.38. The Hall–Kier alpha value is -1.78. The van der Waals surface area contributed by atoms with Gasteiger partial charge in [-0.2, -0.15) is 18.4 Å². The Kier molecular flexibility index (Phi) is 5.50. The van der Waals surface area contributed by atoms with E-state index in [4.69, 9.17) is 5.26 Å². The van der Waals surface area contributed by atoms with E-state index < -0.39 is 11.7 Å². The van der Waals surface area contributed by atoms with Crippen molar-refractivity contribution in [2.24, 2.45) is 0 Å². The second-order valence-corrected chi connectivity index (χ2v) is 5.75. The summed E-state index contributed by atoms with van der Waals surface area (Å²) in [6.07, 6.45) is -3.73. The van der Waals surface area contributed by atoms with Crippen LogP contribution in [0, 0.1) is 11.3 Å². The van der Waals surface area contributed by atoms with Crippen LogP contribution < -0.4 is 4.90 Å². The van der Waals surface area contributed by atoms with Gasteiger partial charge in [-0.1, -0.05) is 0 Å². The summed E-state index contributed by atoms with van der Waals surface area (Å²) in [6, 6.07) is 5.50. The fourth-order valence-corrected chi connectivity index (χ4v) is 2.81. The second kappa shape index (κ2) is 7.20. The molecule has 0 amide bonds. The molecule has 1 N–H and O–H groups in total. The van der Waals surface area contributed by atoms with Crippen LogP contribution in [0.25, 0.3) is 0 Å². The number of rotatable bonds is 3. The first kappa shape index (κ1) is 17.6. The van der Waals surface area contributed by atoms with Crippen molar-refractivity contribution in [3.8, 4) is 6.07 Å². The van der Waals surface area contributed by atoms with Gasteiger partial charge < -0.3 is 10.0 Å². The molecule has 1 fully saturated rings. The smallest absolute Gasteiger partial charge is 0.395 e. The van der Waals surface area contributed by atoms with Gasteiger partial charge in [0.15, 0.2) is 0 Å². The SMILES string of the molecule is C[C@@H](CO)N1CCCN(c2ccc(C#N)c(C(F)(F)F)c2)CC1. The number of nitrogens with zero attached hydrogens (tertiary/aromatic N) is 3. The zero-order valence-electron chi connectivity index (χ0n) is 13.0. The number of aliphatic hydroxyl groups is 1. The second-order valence-electron chi connectivity index (χ2n) is 5.75. The van der Waals surface area contributed by atoms with Crippen LogP contribution in [-0.4, -0.2) is 48.8 Å². The van der Waals surface area contributed by atoms with E-state index in [-0.39, 0.29) is 18.2 Å². The van der Waals surface area contributed by atoms with Gasteiger partial charge in [-0.05, 0) is 31.5 Å². The third kappa shape index (κ3) is 4.15. The third-order valence-corrected chi connectivity index (χ3v) is 4.21. The largest absolute Gasteiger partial charge is 0.417 e. The summed E-state index contributed by atoms with van der Waals surface area (Å²) in [5.41, 5.74) is -0.760. The van der Waals surface area contributed by atoms with Crippen LogP contribution in [0.2, 0.25) is 0 Å². The molecule has 1 aromatic carbocycles. The van der Waals surface area contributed by atoms with Gasteiger partial charge in [0.25, 0.3) is 0 Å². The zero-order chi connectivity index (χ0) is 17.0. The molecule has 4 nitrogen and oxygen atoms in total. The lowest BCUT2D eigenvalue weighted by atomic mass is 10.1. The highest BCUT2D eigenvalue weighted by molar-refractivity contribution is 5.55.